The van der Waals surface area contributed by atoms with E-state index in [1.807, 2.05) is 20.1 Å². The molecule has 1 aliphatic rings. The maximum absolute atomic E-state index is 13.5. The van der Waals surface area contributed by atoms with Crippen LogP contribution >= 0.6 is 12.2 Å². The quantitative estimate of drug-likeness (QED) is 0.297. The molecule has 33 heavy (non-hydrogen) atoms. The number of anilines is 1. The lowest BCUT2D eigenvalue weighted by atomic mass is 9.94. The van der Waals surface area contributed by atoms with E-state index >= 15 is 0 Å². The highest BCUT2D eigenvalue weighted by atomic mass is 32.1. The normalized spacial score (nSPS) is 15.2. The maximum atomic E-state index is 13.5. The minimum absolute atomic E-state index is 0.120. The van der Waals surface area contributed by atoms with Crippen molar-refractivity contribution in [2.24, 2.45) is 15.9 Å². The molecule has 1 aromatic rings. The zero-order valence-corrected chi connectivity index (χ0v) is 21.0. The predicted octanol–water partition coefficient (Wildman–Crippen LogP) is 4.90. The largest absolute Gasteiger partial charge is 0.341 e. The Hall–Kier alpha value is -2.55. The number of guanidine groups is 1. The Morgan fingerprint density at radius 1 is 1.33 bits per heavy atom. The molecule has 1 fully saturated rings. The van der Waals surface area contributed by atoms with E-state index < -0.39 is 0 Å². The molecule has 2 amide bonds. The first kappa shape index (κ1) is 26.7. The standard InChI is InChI=1S/C24H37FN6OS/c1-5-6-12-27-22(26-4)31-14-10-18(11-15-31)9-13-28-23(32)30-24(33)29-21-8-7-19(25)16-20(21)17(2)3/h7-8,12,16-18H,5-6,9-11,13-15H2,1-4H3,(H3,28,29,30,32,33)/b26-22?,27-12-. The van der Waals surface area contributed by atoms with E-state index in [-0.39, 0.29) is 22.9 Å². The molecule has 0 atom stereocenters. The van der Waals surface area contributed by atoms with E-state index in [1.54, 1.807) is 13.1 Å². The predicted molar refractivity (Wildman–Crippen MR) is 139 cm³/mol. The molecule has 0 aliphatic carbocycles. The molecule has 0 bridgehead atoms. The van der Waals surface area contributed by atoms with Gasteiger partial charge in [0, 0.05) is 38.6 Å². The van der Waals surface area contributed by atoms with Crippen LogP contribution in [0.15, 0.2) is 28.2 Å². The van der Waals surface area contributed by atoms with Crippen LogP contribution in [0.2, 0.25) is 0 Å². The first-order valence-electron chi connectivity index (χ1n) is 11.7. The summed E-state index contributed by atoms with van der Waals surface area (Å²) >= 11 is 5.25. The number of likely N-dealkylation sites (tertiary alicyclic amines) is 1. The van der Waals surface area contributed by atoms with Gasteiger partial charge in [-0.1, -0.05) is 27.2 Å². The number of nitrogens with zero attached hydrogens (tertiary/aromatic N) is 3. The zero-order chi connectivity index (χ0) is 24.2. The molecule has 1 heterocycles. The summed E-state index contributed by atoms with van der Waals surface area (Å²) in [7, 11) is 1.78. The van der Waals surface area contributed by atoms with Gasteiger partial charge in [0.25, 0.3) is 0 Å². The summed E-state index contributed by atoms with van der Waals surface area (Å²) in [5.74, 6) is 1.18. The second kappa shape index (κ2) is 13.9. The molecule has 0 aromatic heterocycles. The molecule has 182 valence electrons. The van der Waals surface area contributed by atoms with E-state index in [9.17, 15) is 9.18 Å². The van der Waals surface area contributed by atoms with Crippen LogP contribution in [0.5, 0.6) is 0 Å². The van der Waals surface area contributed by atoms with E-state index in [2.05, 4.69) is 37.8 Å². The fourth-order valence-corrected chi connectivity index (χ4v) is 4.00. The minimum Gasteiger partial charge on any atom is -0.341 e. The van der Waals surface area contributed by atoms with Gasteiger partial charge in [-0.3, -0.25) is 10.3 Å². The van der Waals surface area contributed by atoms with Crippen LogP contribution in [0.3, 0.4) is 0 Å². The van der Waals surface area contributed by atoms with Gasteiger partial charge in [-0.25, -0.2) is 14.2 Å². The van der Waals surface area contributed by atoms with Gasteiger partial charge in [0.15, 0.2) is 5.11 Å². The van der Waals surface area contributed by atoms with Crippen LogP contribution in [0.4, 0.5) is 14.9 Å². The highest BCUT2D eigenvalue weighted by Crippen LogP contribution is 2.25. The van der Waals surface area contributed by atoms with Crippen LogP contribution in [-0.4, -0.2) is 54.9 Å². The van der Waals surface area contributed by atoms with Gasteiger partial charge >= 0.3 is 6.03 Å². The number of halogens is 1. The molecule has 1 aromatic carbocycles. The van der Waals surface area contributed by atoms with Gasteiger partial charge in [0.2, 0.25) is 5.96 Å². The topological polar surface area (TPSA) is 81.1 Å². The monoisotopic (exact) mass is 476 g/mol. The highest BCUT2D eigenvalue weighted by molar-refractivity contribution is 7.80. The summed E-state index contributed by atoms with van der Waals surface area (Å²) in [6, 6.07) is 4.14. The van der Waals surface area contributed by atoms with Gasteiger partial charge in [-0.2, -0.15) is 0 Å². The molecular weight excluding hydrogens is 439 g/mol. The van der Waals surface area contributed by atoms with Crippen molar-refractivity contribution in [3.8, 4) is 0 Å². The molecule has 0 spiro atoms. The van der Waals surface area contributed by atoms with E-state index in [1.165, 1.54) is 12.1 Å². The average Bonchev–Trinajstić information content (AvgIpc) is 2.78. The van der Waals surface area contributed by atoms with Crippen molar-refractivity contribution in [1.82, 2.24) is 15.5 Å². The van der Waals surface area contributed by atoms with Crippen LogP contribution in [0.1, 0.15) is 64.4 Å². The third-order valence-corrected chi connectivity index (χ3v) is 5.88. The average molecular weight is 477 g/mol. The number of carbonyl (C=O) groups is 1. The maximum Gasteiger partial charge on any atom is 0.321 e. The minimum atomic E-state index is -0.344. The van der Waals surface area contributed by atoms with Crippen LogP contribution in [0, 0.1) is 11.7 Å². The van der Waals surface area contributed by atoms with Gasteiger partial charge in [-0.15, -0.1) is 0 Å². The zero-order valence-electron chi connectivity index (χ0n) is 20.2. The van der Waals surface area contributed by atoms with Crippen molar-refractivity contribution >= 4 is 41.2 Å². The molecule has 3 N–H and O–H groups in total. The number of unbranched alkanes of at least 4 members (excludes halogenated alkanes) is 1. The van der Waals surface area contributed by atoms with E-state index in [0.717, 1.165) is 56.7 Å². The number of piperidine rings is 1. The number of amides is 2. The molecule has 1 aliphatic heterocycles. The van der Waals surface area contributed by atoms with Gasteiger partial charge in [0.05, 0.1) is 0 Å². The summed E-state index contributed by atoms with van der Waals surface area (Å²) in [5, 5.41) is 8.69. The van der Waals surface area contributed by atoms with E-state index in [4.69, 9.17) is 12.2 Å². The summed E-state index contributed by atoms with van der Waals surface area (Å²) in [5.41, 5.74) is 1.50. The van der Waals surface area contributed by atoms with Gasteiger partial charge in [0.1, 0.15) is 5.82 Å². The fraction of sp³-hybridized carbons (Fsp3) is 0.583. The Balaban J connectivity index is 1.70. The Bertz CT molecular complexity index is 849. The smallest absolute Gasteiger partial charge is 0.321 e. The Labute approximate surface area is 202 Å². The molecule has 7 nitrogen and oxygen atoms in total. The third kappa shape index (κ3) is 9.07. The summed E-state index contributed by atoms with van der Waals surface area (Å²) in [6.07, 6.45) is 6.99. The van der Waals surface area contributed by atoms with Crippen molar-refractivity contribution in [3.05, 3.63) is 29.6 Å². The molecule has 1 saturated heterocycles. The number of hydrogen-bond acceptors (Lipinski definition) is 3. The number of hydrogen-bond donors (Lipinski definition) is 3. The highest BCUT2D eigenvalue weighted by Gasteiger charge is 2.21. The van der Waals surface area contributed by atoms with Crippen molar-refractivity contribution < 1.29 is 9.18 Å². The number of urea groups is 1. The number of benzene rings is 1. The lowest BCUT2D eigenvalue weighted by molar-refractivity contribution is 0.237. The number of carbonyl (C=O) groups excluding carboxylic acids is 1. The number of aliphatic imine (C=N–C) groups is 2. The van der Waals surface area contributed by atoms with Crippen LogP contribution in [-0.2, 0) is 0 Å². The molecule has 0 radical (unpaired) electrons. The second-order valence-corrected chi connectivity index (χ2v) is 8.97. The summed E-state index contributed by atoms with van der Waals surface area (Å²) in [4.78, 5) is 23.2. The van der Waals surface area contributed by atoms with Crippen molar-refractivity contribution in [1.29, 1.82) is 0 Å². The number of rotatable bonds is 7. The Morgan fingerprint density at radius 2 is 2.06 bits per heavy atom. The summed E-state index contributed by atoms with van der Waals surface area (Å²) in [6.45, 7) is 8.52. The number of thiocarbonyl (C=S) groups is 1. The van der Waals surface area contributed by atoms with Crippen LogP contribution in [0.25, 0.3) is 0 Å². The van der Waals surface area contributed by atoms with Crippen molar-refractivity contribution in [3.63, 3.8) is 0 Å². The molecule has 9 heteroatoms. The lowest BCUT2D eigenvalue weighted by Gasteiger charge is -2.32. The molecule has 0 unspecified atom stereocenters. The fourth-order valence-electron chi connectivity index (χ4n) is 3.79. The second-order valence-electron chi connectivity index (χ2n) is 8.56. The van der Waals surface area contributed by atoms with Gasteiger partial charge < -0.3 is 15.5 Å². The van der Waals surface area contributed by atoms with E-state index in [0.29, 0.717) is 18.2 Å². The third-order valence-electron chi connectivity index (χ3n) is 5.67. The molecule has 0 saturated carbocycles. The SMILES string of the molecule is CCC/C=N\C(=NC)N1CCC(CCNC(=O)NC(=S)Nc2ccc(F)cc2C(C)C)CC1. The molecule has 2 rings (SSSR count). The molecular formula is C24H37FN6OS. The summed E-state index contributed by atoms with van der Waals surface area (Å²) < 4.78 is 13.5. The van der Waals surface area contributed by atoms with Crippen LogP contribution < -0.4 is 16.0 Å². The van der Waals surface area contributed by atoms with Gasteiger partial charge in [-0.05, 0) is 73.5 Å². The van der Waals surface area contributed by atoms with Crippen molar-refractivity contribution in [2.75, 3.05) is 32.0 Å². The van der Waals surface area contributed by atoms with Crippen molar-refractivity contribution in [2.45, 2.75) is 58.8 Å². The number of nitrogens with one attached hydrogen (secondary N) is 3. The lowest BCUT2D eigenvalue weighted by Crippen LogP contribution is -2.43. The Kier molecular flexibility index (Phi) is 11.2. The first-order valence-corrected chi connectivity index (χ1v) is 12.1. The first-order chi connectivity index (χ1) is 15.8. The Morgan fingerprint density at radius 3 is 2.70 bits per heavy atom.